The Morgan fingerprint density at radius 1 is 1.31 bits per heavy atom. The van der Waals surface area contributed by atoms with Crippen LogP contribution in [-0.4, -0.2) is 43.5 Å². The number of hydrogen-bond donors (Lipinski definition) is 1. The number of nitro benzene ring substituents is 1. The van der Waals surface area contributed by atoms with Crippen LogP contribution in [0.3, 0.4) is 0 Å². The summed E-state index contributed by atoms with van der Waals surface area (Å²) in [6, 6.07) is 7.00. The standard InChI is InChI=1S/C16H15ClN2O6S/c1-24-7-6-18-11-3-2-10(8-12(11)19(22)23)16(21)25-9-13(20)14-4-5-15(17)26-14/h2-5,8,18H,6-7,9H2,1H3. The van der Waals surface area contributed by atoms with Crippen molar-refractivity contribution in [2.45, 2.75) is 0 Å². The first kappa shape index (κ1) is 19.8. The van der Waals surface area contributed by atoms with Gasteiger partial charge >= 0.3 is 5.97 Å². The third-order valence-corrected chi connectivity index (χ3v) is 4.51. The van der Waals surface area contributed by atoms with E-state index in [2.05, 4.69) is 5.32 Å². The smallest absolute Gasteiger partial charge is 0.338 e. The summed E-state index contributed by atoms with van der Waals surface area (Å²) in [6.07, 6.45) is 0. The number of halogens is 1. The average Bonchev–Trinajstić information content (AvgIpc) is 3.06. The third kappa shape index (κ3) is 5.25. The van der Waals surface area contributed by atoms with Gasteiger partial charge in [-0.15, -0.1) is 11.3 Å². The van der Waals surface area contributed by atoms with Crippen molar-refractivity contribution in [3.8, 4) is 0 Å². The molecule has 2 rings (SSSR count). The number of nitrogens with one attached hydrogen (secondary N) is 1. The molecule has 0 saturated carbocycles. The van der Waals surface area contributed by atoms with E-state index >= 15 is 0 Å². The second-order valence-corrected chi connectivity index (χ2v) is 6.73. The quantitative estimate of drug-likeness (QED) is 0.227. The number of rotatable bonds is 9. The van der Waals surface area contributed by atoms with E-state index in [9.17, 15) is 19.7 Å². The number of esters is 1. The first-order valence-electron chi connectivity index (χ1n) is 7.39. The molecule has 1 heterocycles. The summed E-state index contributed by atoms with van der Waals surface area (Å²) >= 11 is 6.83. The minimum atomic E-state index is -0.826. The average molecular weight is 399 g/mol. The number of carbonyl (C=O) groups is 2. The second kappa shape index (κ2) is 9.27. The molecule has 0 unspecified atom stereocenters. The zero-order valence-electron chi connectivity index (χ0n) is 13.7. The molecule has 138 valence electrons. The van der Waals surface area contributed by atoms with Crippen LogP contribution in [0.2, 0.25) is 4.34 Å². The second-order valence-electron chi connectivity index (χ2n) is 5.01. The normalized spacial score (nSPS) is 10.4. The Morgan fingerprint density at radius 2 is 2.08 bits per heavy atom. The largest absolute Gasteiger partial charge is 0.454 e. The van der Waals surface area contributed by atoms with Crippen LogP contribution in [0.5, 0.6) is 0 Å². The lowest BCUT2D eigenvalue weighted by molar-refractivity contribution is -0.384. The summed E-state index contributed by atoms with van der Waals surface area (Å²) in [5, 5.41) is 14.1. The zero-order valence-corrected chi connectivity index (χ0v) is 15.3. The molecule has 0 bridgehead atoms. The Kier molecular flexibility index (Phi) is 7.07. The maximum Gasteiger partial charge on any atom is 0.338 e. The molecule has 0 atom stereocenters. The molecule has 8 nitrogen and oxygen atoms in total. The van der Waals surface area contributed by atoms with Gasteiger partial charge in [0.2, 0.25) is 5.78 Å². The van der Waals surface area contributed by atoms with Gasteiger partial charge in [-0.05, 0) is 24.3 Å². The first-order valence-corrected chi connectivity index (χ1v) is 8.58. The molecule has 0 aliphatic heterocycles. The van der Waals surface area contributed by atoms with Crippen LogP contribution < -0.4 is 5.32 Å². The highest BCUT2D eigenvalue weighted by atomic mass is 35.5. The fourth-order valence-electron chi connectivity index (χ4n) is 2.00. The molecule has 0 fully saturated rings. The summed E-state index contributed by atoms with van der Waals surface area (Å²) in [5.74, 6) is -1.23. The van der Waals surface area contributed by atoms with Gasteiger partial charge in [0.1, 0.15) is 5.69 Å². The molecule has 1 N–H and O–H groups in total. The van der Waals surface area contributed by atoms with Crippen LogP contribution in [0, 0.1) is 10.1 Å². The van der Waals surface area contributed by atoms with Crippen LogP contribution in [0.25, 0.3) is 0 Å². The number of carbonyl (C=O) groups excluding carboxylic acids is 2. The van der Waals surface area contributed by atoms with E-state index in [1.165, 1.54) is 25.3 Å². The summed E-state index contributed by atoms with van der Waals surface area (Å²) in [4.78, 5) is 34.9. The summed E-state index contributed by atoms with van der Waals surface area (Å²) in [6.45, 7) is 0.270. The monoisotopic (exact) mass is 398 g/mol. The molecule has 10 heteroatoms. The first-order chi connectivity index (χ1) is 12.4. The number of ketones is 1. The summed E-state index contributed by atoms with van der Waals surface area (Å²) in [7, 11) is 1.51. The number of thiophene rings is 1. The van der Waals surface area contributed by atoms with Crippen molar-refractivity contribution in [1.29, 1.82) is 0 Å². The number of hydrogen-bond acceptors (Lipinski definition) is 8. The Balaban J connectivity index is 2.04. The topological polar surface area (TPSA) is 108 Å². The van der Waals surface area contributed by atoms with Crippen molar-refractivity contribution < 1.29 is 24.0 Å². The van der Waals surface area contributed by atoms with Crippen molar-refractivity contribution in [3.05, 3.63) is 55.2 Å². The highest BCUT2D eigenvalue weighted by Gasteiger charge is 2.19. The molecule has 1 aromatic carbocycles. The Bertz CT molecular complexity index is 823. The molecule has 2 aromatic rings. The van der Waals surface area contributed by atoms with E-state index in [4.69, 9.17) is 21.1 Å². The lowest BCUT2D eigenvalue weighted by Crippen LogP contribution is -2.14. The zero-order chi connectivity index (χ0) is 19.1. The molecule has 0 saturated heterocycles. The van der Waals surface area contributed by atoms with Gasteiger partial charge in [-0.1, -0.05) is 11.6 Å². The van der Waals surface area contributed by atoms with Crippen molar-refractivity contribution in [3.63, 3.8) is 0 Å². The Hall–Kier alpha value is -2.49. The molecule has 0 amide bonds. The van der Waals surface area contributed by atoms with Gasteiger partial charge in [-0.3, -0.25) is 14.9 Å². The number of benzene rings is 1. The molecule has 0 aliphatic rings. The summed E-state index contributed by atoms with van der Waals surface area (Å²) < 4.78 is 10.3. The lowest BCUT2D eigenvalue weighted by atomic mass is 10.1. The predicted octanol–water partition coefficient (Wildman–Crippen LogP) is 3.41. The molecule has 0 aliphatic carbocycles. The van der Waals surface area contributed by atoms with Crippen molar-refractivity contribution in [2.75, 3.05) is 32.2 Å². The SMILES string of the molecule is COCCNc1ccc(C(=O)OCC(=O)c2ccc(Cl)s2)cc1[N+](=O)[O-]. The maximum atomic E-state index is 12.1. The number of ether oxygens (including phenoxy) is 2. The fraction of sp³-hybridized carbons (Fsp3) is 0.250. The van der Waals surface area contributed by atoms with E-state index in [1.54, 1.807) is 6.07 Å². The van der Waals surface area contributed by atoms with Crippen LogP contribution in [-0.2, 0) is 9.47 Å². The van der Waals surface area contributed by atoms with Crippen LogP contribution in [0.15, 0.2) is 30.3 Å². The van der Waals surface area contributed by atoms with E-state index in [1.807, 2.05) is 0 Å². The molecule has 1 aromatic heterocycles. The van der Waals surface area contributed by atoms with Gasteiger partial charge in [0, 0.05) is 19.7 Å². The van der Waals surface area contributed by atoms with Crippen molar-refractivity contribution in [1.82, 2.24) is 0 Å². The van der Waals surface area contributed by atoms with Crippen LogP contribution >= 0.6 is 22.9 Å². The van der Waals surface area contributed by atoms with Crippen LogP contribution in [0.1, 0.15) is 20.0 Å². The van der Waals surface area contributed by atoms with E-state index in [0.29, 0.717) is 22.4 Å². The van der Waals surface area contributed by atoms with E-state index in [0.717, 1.165) is 17.4 Å². The number of methoxy groups -OCH3 is 1. The number of nitrogens with zero attached hydrogens (tertiary/aromatic N) is 1. The number of anilines is 1. The van der Waals surface area contributed by atoms with E-state index < -0.39 is 23.3 Å². The minimum absolute atomic E-state index is 0.0222. The fourth-order valence-corrected chi connectivity index (χ4v) is 2.96. The van der Waals surface area contributed by atoms with Gasteiger partial charge < -0.3 is 14.8 Å². The third-order valence-electron chi connectivity index (χ3n) is 3.23. The lowest BCUT2D eigenvalue weighted by Gasteiger charge is -2.08. The van der Waals surface area contributed by atoms with Gasteiger partial charge in [-0.2, -0.15) is 0 Å². The van der Waals surface area contributed by atoms with Crippen molar-refractivity contribution in [2.24, 2.45) is 0 Å². The predicted molar refractivity (Wildman–Crippen MR) is 97.4 cm³/mol. The van der Waals surface area contributed by atoms with Gasteiger partial charge in [0.05, 0.1) is 26.3 Å². The summed E-state index contributed by atoms with van der Waals surface area (Å²) in [5.41, 5.74) is -0.0363. The highest BCUT2D eigenvalue weighted by Crippen LogP contribution is 2.26. The highest BCUT2D eigenvalue weighted by molar-refractivity contribution is 7.18. The molecule has 26 heavy (non-hydrogen) atoms. The van der Waals surface area contributed by atoms with Gasteiger partial charge in [0.25, 0.3) is 5.69 Å². The maximum absolute atomic E-state index is 12.1. The molecule has 0 spiro atoms. The molecular formula is C16H15ClN2O6S. The minimum Gasteiger partial charge on any atom is -0.454 e. The Morgan fingerprint density at radius 3 is 2.69 bits per heavy atom. The molecular weight excluding hydrogens is 384 g/mol. The van der Waals surface area contributed by atoms with Gasteiger partial charge in [0.15, 0.2) is 6.61 Å². The van der Waals surface area contributed by atoms with Crippen LogP contribution in [0.4, 0.5) is 11.4 Å². The van der Waals surface area contributed by atoms with Gasteiger partial charge in [-0.25, -0.2) is 4.79 Å². The van der Waals surface area contributed by atoms with E-state index in [-0.39, 0.29) is 16.9 Å². The number of nitro groups is 1. The van der Waals surface area contributed by atoms with Crippen molar-refractivity contribution >= 4 is 46.1 Å². The Labute approximate surface area is 157 Å². The molecule has 0 radical (unpaired) electrons. The number of Topliss-reactive ketones (excluding diaryl/α,β-unsaturated/α-hetero) is 1.